The van der Waals surface area contributed by atoms with Crippen molar-refractivity contribution >= 4 is 17.2 Å². The average Bonchev–Trinajstić information content (AvgIpc) is 3.40. The zero-order valence-electron chi connectivity index (χ0n) is 15.5. The Morgan fingerprint density at radius 1 is 1.11 bits per heavy atom. The van der Waals surface area contributed by atoms with Crippen LogP contribution in [0.5, 0.6) is 0 Å². The minimum atomic E-state index is -0.181. The Morgan fingerprint density at radius 2 is 1.89 bits per heavy atom. The Hall–Kier alpha value is -3.32. The monoisotopic (exact) mass is 393 g/mol. The molecule has 3 aromatic heterocycles. The van der Waals surface area contributed by atoms with Crippen LogP contribution in [0.4, 0.5) is 0 Å². The molecule has 28 heavy (non-hydrogen) atoms. The van der Waals surface area contributed by atoms with Crippen molar-refractivity contribution in [3.8, 4) is 16.3 Å². The van der Waals surface area contributed by atoms with Crippen molar-refractivity contribution in [1.82, 2.24) is 14.7 Å². The summed E-state index contributed by atoms with van der Waals surface area (Å²) in [6.45, 7) is 2.15. The summed E-state index contributed by atoms with van der Waals surface area (Å²) >= 11 is 1.37. The van der Waals surface area contributed by atoms with Gasteiger partial charge in [0.05, 0.1) is 27.7 Å². The molecule has 1 N–H and O–H groups in total. The minimum absolute atomic E-state index is 0.135. The first kappa shape index (κ1) is 18.1. The summed E-state index contributed by atoms with van der Waals surface area (Å²) in [5.41, 5.74) is 1.37. The highest BCUT2D eigenvalue weighted by molar-refractivity contribution is 7.17. The second kappa shape index (κ2) is 7.36. The molecule has 4 aromatic rings. The fourth-order valence-corrected chi connectivity index (χ4v) is 3.91. The van der Waals surface area contributed by atoms with E-state index in [0.29, 0.717) is 4.88 Å². The van der Waals surface area contributed by atoms with E-state index in [1.807, 2.05) is 55.5 Å². The Balaban J connectivity index is 1.49. The Labute approximate surface area is 165 Å². The molecule has 0 radical (unpaired) electrons. The van der Waals surface area contributed by atoms with Gasteiger partial charge in [0.15, 0.2) is 0 Å². The van der Waals surface area contributed by atoms with Crippen molar-refractivity contribution in [2.24, 2.45) is 7.05 Å². The van der Waals surface area contributed by atoms with E-state index in [4.69, 9.17) is 4.42 Å². The van der Waals surface area contributed by atoms with Crippen LogP contribution in [0.3, 0.4) is 0 Å². The number of benzene rings is 1. The van der Waals surface area contributed by atoms with Gasteiger partial charge in [-0.15, -0.1) is 11.3 Å². The van der Waals surface area contributed by atoms with Gasteiger partial charge in [0.1, 0.15) is 11.5 Å². The maximum absolute atomic E-state index is 12.5. The van der Waals surface area contributed by atoms with Crippen LogP contribution in [0, 0.1) is 6.92 Å². The molecular formula is C21H19N3O3S. The third-order valence-corrected chi connectivity index (χ3v) is 5.56. The van der Waals surface area contributed by atoms with Crippen LogP contribution in [-0.4, -0.2) is 15.3 Å². The van der Waals surface area contributed by atoms with E-state index in [1.54, 1.807) is 28.5 Å². The number of hydrogen-bond donors (Lipinski definition) is 1. The molecule has 0 bridgehead atoms. The number of aryl methyl sites for hydroxylation is 1. The van der Waals surface area contributed by atoms with Gasteiger partial charge in [-0.25, -0.2) is 4.68 Å². The lowest BCUT2D eigenvalue weighted by molar-refractivity contribution is 0.0954. The number of rotatable bonds is 5. The van der Waals surface area contributed by atoms with Crippen molar-refractivity contribution < 1.29 is 9.21 Å². The van der Waals surface area contributed by atoms with Crippen LogP contribution in [0.15, 0.2) is 69.9 Å². The molecule has 0 saturated carbocycles. The quantitative estimate of drug-likeness (QED) is 0.562. The summed E-state index contributed by atoms with van der Waals surface area (Å²) in [6, 6.07) is 18.4. The molecule has 142 valence electrons. The van der Waals surface area contributed by atoms with Crippen LogP contribution < -0.4 is 10.9 Å². The summed E-state index contributed by atoms with van der Waals surface area (Å²) in [6.07, 6.45) is 0. The van der Waals surface area contributed by atoms with Gasteiger partial charge in [0.25, 0.3) is 11.5 Å². The molecule has 0 aliphatic rings. The molecule has 0 saturated heterocycles. The van der Waals surface area contributed by atoms with E-state index in [1.165, 1.54) is 11.3 Å². The van der Waals surface area contributed by atoms with Gasteiger partial charge in [-0.1, -0.05) is 18.2 Å². The van der Waals surface area contributed by atoms with Crippen molar-refractivity contribution in [2.45, 2.75) is 13.5 Å². The minimum Gasteiger partial charge on any atom is -0.461 e. The van der Waals surface area contributed by atoms with Gasteiger partial charge < -0.3 is 9.73 Å². The van der Waals surface area contributed by atoms with Gasteiger partial charge in [-0.3, -0.25) is 14.3 Å². The molecule has 1 aromatic carbocycles. The van der Waals surface area contributed by atoms with Gasteiger partial charge in [-0.2, -0.15) is 0 Å². The molecule has 1 amide bonds. The lowest BCUT2D eigenvalue weighted by atomic mass is 10.3. The largest absolute Gasteiger partial charge is 0.461 e. The zero-order valence-corrected chi connectivity index (χ0v) is 16.3. The summed E-state index contributed by atoms with van der Waals surface area (Å²) in [5.74, 6) is 1.40. The van der Waals surface area contributed by atoms with Crippen molar-refractivity contribution in [3.05, 3.63) is 87.3 Å². The van der Waals surface area contributed by atoms with E-state index in [2.05, 4.69) is 5.32 Å². The van der Waals surface area contributed by atoms with Gasteiger partial charge in [-0.05, 0) is 43.3 Å². The summed E-state index contributed by atoms with van der Waals surface area (Å²) in [4.78, 5) is 26.4. The molecule has 0 aliphatic carbocycles. The van der Waals surface area contributed by atoms with E-state index >= 15 is 0 Å². The number of carbonyl (C=O) groups is 1. The third-order valence-electron chi connectivity index (χ3n) is 4.46. The molecule has 6 nitrogen and oxygen atoms in total. The molecule has 0 spiro atoms. The fourth-order valence-electron chi connectivity index (χ4n) is 3.03. The lowest BCUT2D eigenvalue weighted by Gasteiger charge is -2.10. The van der Waals surface area contributed by atoms with E-state index in [0.717, 1.165) is 27.8 Å². The van der Waals surface area contributed by atoms with E-state index in [9.17, 15) is 9.59 Å². The normalized spacial score (nSPS) is 10.9. The number of hydrogen-bond acceptors (Lipinski definition) is 4. The highest BCUT2D eigenvalue weighted by Crippen LogP contribution is 2.29. The standard InChI is InChI=1S/C21H19N3O3S/c1-14-8-9-17(27-14)18-10-11-19(28-18)21(26)22-13-16-12-20(25)24(23(16)2)15-6-4-3-5-7-15/h3-12H,13H2,1-2H3,(H,22,26). The molecule has 0 unspecified atom stereocenters. The first-order valence-electron chi connectivity index (χ1n) is 8.81. The molecule has 0 aliphatic heterocycles. The lowest BCUT2D eigenvalue weighted by Crippen LogP contribution is -2.24. The van der Waals surface area contributed by atoms with Crippen LogP contribution in [-0.2, 0) is 13.6 Å². The summed E-state index contributed by atoms with van der Waals surface area (Å²) in [5, 5.41) is 2.89. The number of thiophene rings is 1. The van der Waals surface area contributed by atoms with Crippen LogP contribution in [0.1, 0.15) is 21.1 Å². The molecule has 7 heteroatoms. The Kier molecular flexibility index (Phi) is 4.75. The smallest absolute Gasteiger partial charge is 0.271 e. The highest BCUT2D eigenvalue weighted by Gasteiger charge is 2.14. The van der Waals surface area contributed by atoms with Crippen molar-refractivity contribution in [3.63, 3.8) is 0 Å². The fraction of sp³-hybridized carbons (Fsp3) is 0.143. The first-order chi connectivity index (χ1) is 13.5. The first-order valence-corrected chi connectivity index (χ1v) is 9.63. The van der Waals surface area contributed by atoms with Crippen LogP contribution in [0.25, 0.3) is 16.3 Å². The number of furan rings is 1. The predicted molar refractivity (Wildman–Crippen MR) is 109 cm³/mol. The summed E-state index contributed by atoms with van der Waals surface area (Å²) in [7, 11) is 1.80. The number of amides is 1. The number of nitrogens with one attached hydrogen (secondary N) is 1. The van der Waals surface area contributed by atoms with Crippen LogP contribution >= 0.6 is 11.3 Å². The maximum atomic E-state index is 12.5. The third kappa shape index (κ3) is 3.44. The summed E-state index contributed by atoms with van der Waals surface area (Å²) < 4.78 is 8.93. The van der Waals surface area contributed by atoms with Gasteiger partial charge >= 0.3 is 0 Å². The molecule has 4 rings (SSSR count). The van der Waals surface area contributed by atoms with Gasteiger partial charge in [0, 0.05) is 13.1 Å². The van der Waals surface area contributed by atoms with Gasteiger partial charge in [0.2, 0.25) is 0 Å². The molecule has 0 atom stereocenters. The van der Waals surface area contributed by atoms with E-state index in [-0.39, 0.29) is 18.0 Å². The predicted octanol–water partition coefficient (Wildman–Crippen LogP) is 3.74. The number of aromatic nitrogens is 2. The Bertz CT molecular complexity index is 1180. The zero-order chi connectivity index (χ0) is 19.7. The molecular weight excluding hydrogens is 374 g/mol. The topological polar surface area (TPSA) is 69.2 Å². The highest BCUT2D eigenvalue weighted by atomic mass is 32.1. The number of para-hydroxylation sites is 1. The average molecular weight is 393 g/mol. The Morgan fingerprint density at radius 3 is 2.61 bits per heavy atom. The van der Waals surface area contributed by atoms with Crippen LogP contribution in [0.2, 0.25) is 0 Å². The second-order valence-corrected chi connectivity index (χ2v) is 7.49. The maximum Gasteiger partial charge on any atom is 0.271 e. The van der Waals surface area contributed by atoms with Crippen molar-refractivity contribution in [2.75, 3.05) is 0 Å². The second-order valence-electron chi connectivity index (χ2n) is 6.40. The van der Waals surface area contributed by atoms with E-state index < -0.39 is 0 Å². The SMILES string of the molecule is Cc1ccc(-c2ccc(C(=O)NCc3cc(=O)n(-c4ccccc4)n3C)s2)o1. The number of nitrogens with zero attached hydrogens (tertiary/aromatic N) is 2. The molecule has 3 heterocycles. The molecule has 0 fully saturated rings. The van der Waals surface area contributed by atoms with Crippen molar-refractivity contribution in [1.29, 1.82) is 0 Å². The number of carbonyl (C=O) groups excluding carboxylic acids is 1.